The summed E-state index contributed by atoms with van der Waals surface area (Å²) in [5, 5.41) is 3.20. The molecule has 1 N–H and O–H groups in total. The van der Waals surface area contributed by atoms with Gasteiger partial charge in [0.2, 0.25) is 0 Å². The van der Waals surface area contributed by atoms with E-state index in [4.69, 9.17) is 4.74 Å². The Hall–Kier alpha value is -0.0800. The van der Waals surface area contributed by atoms with Crippen molar-refractivity contribution in [1.82, 2.24) is 5.32 Å². The van der Waals surface area contributed by atoms with Gasteiger partial charge in [-0.05, 0) is 25.9 Å². The smallest absolute Gasteiger partial charge is 0.0548 e. The van der Waals surface area contributed by atoms with Crippen molar-refractivity contribution in [2.45, 2.75) is 6.42 Å². The van der Waals surface area contributed by atoms with Gasteiger partial charge in [0, 0.05) is 5.41 Å². The van der Waals surface area contributed by atoms with Crippen molar-refractivity contribution in [3.05, 3.63) is 0 Å². The van der Waals surface area contributed by atoms with Crippen LogP contribution in [0.1, 0.15) is 6.42 Å². The van der Waals surface area contributed by atoms with E-state index in [1.54, 1.807) is 0 Å². The molecule has 2 nitrogen and oxygen atoms in total. The standard InChI is InChI=1S/C7H13NO/c1-8-3-6-2-7(6)4-9-5-7/h6,8H,2-5H2,1H3. The van der Waals surface area contributed by atoms with Gasteiger partial charge in [-0.1, -0.05) is 0 Å². The summed E-state index contributed by atoms with van der Waals surface area (Å²) in [6, 6.07) is 0. The summed E-state index contributed by atoms with van der Waals surface area (Å²) in [4.78, 5) is 0. The van der Waals surface area contributed by atoms with E-state index in [1.165, 1.54) is 13.0 Å². The van der Waals surface area contributed by atoms with Crippen LogP contribution >= 0.6 is 0 Å². The first kappa shape index (κ1) is 5.69. The molecule has 0 aromatic carbocycles. The third-order valence-electron chi connectivity index (χ3n) is 2.59. The Morgan fingerprint density at radius 1 is 1.67 bits per heavy atom. The van der Waals surface area contributed by atoms with Crippen molar-refractivity contribution in [3.8, 4) is 0 Å². The van der Waals surface area contributed by atoms with Gasteiger partial charge < -0.3 is 10.1 Å². The van der Waals surface area contributed by atoms with E-state index in [9.17, 15) is 0 Å². The molecular weight excluding hydrogens is 114 g/mol. The first-order valence-electron chi connectivity index (χ1n) is 3.60. The Morgan fingerprint density at radius 3 is 2.78 bits per heavy atom. The Kier molecular flexibility index (Phi) is 1.08. The van der Waals surface area contributed by atoms with Crippen LogP contribution in [0.2, 0.25) is 0 Å². The molecule has 2 rings (SSSR count). The number of rotatable bonds is 2. The van der Waals surface area contributed by atoms with Crippen LogP contribution in [-0.2, 0) is 4.74 Å². The average molecular weight is 127 g/mol. The molecule has 9 heavy (non-hydrogen) atoms. The van der Waals surface area contributed by atoms with Gasteiger partial charge in [-0.2, -0.15) is 0 Å². The summed E-state index contributed by atoms with van der Waals surface area (Å²) in [6.45, 7) is 3.24. The third kappa shape index (κ3) is 0.700. The molecule has 1 aliphatic heterocycles. The number of hydrogen-bond acceptors (Lipinski definition) is 2. The highest BCUT2D eigenvalue weighted by molar-refractivity contribution is 5.06. The molecule has 1 aliphatic carbocycles. The van der Waals surface area contributed by atoms with Crippen LogP contribution in [0.4, 0.5) is 0 Å². The van der Waals surface area contributed by atoms with Crippen LogP contribution in [0.15, 0.2) is 0 Å². The lowest BCUT2D eigenvalue weighted by Gasteiger charge is -2.27. The molecule has 0 aromatic heterocycles. The highest BCUT2D eigenvalue weighted by atomic mass is 16.5. The highest BCUT2D eigenvalue weighted by Gasteiger charge is 2.58. The molecule has 1 heterocycles. The summed E-state index contributed by atoms with van der Waals surface area (Å²) in [6.07, 6.45) is 1.40. The first-order valence-corrected chi connectivity index (χ1v) is 3.60. The SMILES string of the molecule is CNCC1CC12COC2. The van der Waals surface area contributed by atoms with Gasteiger partial charge in [-0.15, -0.1) is 0 Å². The van der Waals surface area contributed by atoms with Crippen LogP contribution in [-0.4, -0.2) is 26.8 Å². The Labute approximate surface area is 55.6 Å². The first-order chi connectivity index (χ1) is 4.37. The molecule has 1 saturated heterocycles. The lowest BCUT2D eigenvalue weighted by Crippen LogP contribution is -2.33. The number of nitrogens with one attached hydrogen (secondary N) is 1. The van der Waals surface area contributed by atoms with Gasteiger partial charge in [0.25, 0.3) is 0 Å². The van der Waals surface area contributed by atoms with Gasteiger partial charge in [0.15, 0.2) is 0 Å². The van der Waals surface area contributed by atoms with E-state index < -0.39 is 0 Å². The molecule has 1 atom stereocenters. The fourth-order valence-corrected chi connectivity index (χ4v) is 1.68. The number of ether oxygens (including phenoxy) is 1. The minimum Gasteiger partial charge on any atom is -0.380 e. The van der Waals surface area contributed by atoms with Crippen LogP contribution in [0.25, 0.3) is 0 Å². The minimum atomic E-state index is 0.656. The Bertz CT molecular complexity index is 118. The van der Waals surface area contributed by atoms with Crippen LogP contribution in [0, 0.1) is 11.3 Å². The predicted octanol–water partition coefficient (Wildman–Crippen LogP) is 0.242. The second kappa shape index (κ2) is 1.70. The van der Waals surface area contributed by atoms with Crippen molar-refractivity contribution < 1.29 is 4.74 Å². The predicted molar refractivity (Wildman–Crippen MR) is 35.3 cm³/mol. The van der Waals surface area contributed by atoms with Crippen molar-refractivity contribution in [1.29, 1.82) is 0 Å². The Morgan fingerprint density at radius 2 is 2.44 bits per heavy atom. The lowest BCUT2D eigenvalue weighted by molar-refractivity contribution is -0.0584. The monoisotopic (exact) mass is 127 g/mol. The fourth-order valence-electron chi connectivity index (χ4n) is 1.68. The molecule has 1 spiro atoms. The lowest BCUT2D eigenvalue weighted by atomic mass is 10.0. The molecule has 52 valence electrons. The van der Waals surface area contributed by atoms with Crippen molar-refractivity contribution in [2.24, 2.45) is 11.3 Å². The van der Waals surface area contributed by atoms with Gasteiger partial charge >= 0.3 is 0 Å². The molecular formula is C7H13NO. The van der Waals surface area contributed by atoms with Gasteiger partial charge in [-0.3, -0.25) is 0 Å². The maximum atomic E-state index is 5.15. The van der Waals surface area contributed by atoms with Gasteiger partial charge in [0.1, 0.15) is 0 Å². The summed E-state index contributed by atoms with van der Waals surface area (Å²) in [7, 11) is 2.02. The van der Waals surface area contributed by atoms with E-state index in [0.29, 0.717) is 5.41 Å². The van der Waals surface area contributed by atoms with E-state index in [1.807, 2.05) is 7.05 Å². The zero-order chi connectivity index (χ0) is 6.32. The molecule has 0 radical (unpaired) electrons. The van der Waals surface area contributed by atoms with Crippen LogP contribution in [0.5, 0.6) is 0 Å². The zero-order valence-corrected chi connectivity index (χ0v) is 5.81. The van der Waals surface area contributed by atoms with Crippen molar-refractivity contribution >= 4 is 0 Å². The van der Waals surface area contributed by atoms with Gasteiger partial charge in [0.05, 0.1) is 13.2 Å². The van der Waals surface area contributed by atoms with Crippen LogP contribution < -0.4 is 5.32 Å². The van der Waals surface area contributed by atoms with E-state index in [2.05, 4.69) is 5.32 Å². The summed E-state index contributed by atoms with van der Waals surface area (Å²) in [5.41, 5.74) is 0.656. The maximum Gasteiger partial charge on any atom is 0.0548 e. The van der Waals surface area contributed by atoms with E-state index in [0.717, 1.165) is 19.1 Å². The molecule has 1 unspecified atom stereocenters. The molecule has 0 amide bonds. The Balaban J connectivity index is 1.80. The molecule has 2 fully saturated rings. The highest BCUT2D eigenvalue weighted by Crippen LogP contribution is 2.57. The van der Waals surface area contributed by atoms with Gasteiger partial charge in [-0.25, -0.2) is 0 Å². The molecule has 2 aliphatic rings. The third-order valence-corrected chi connectivity index (χ3v) is 2.59. The topological polar surface area (TPSA) is 21.3 Å². The second-order valence-electron chi connectivity index (χ2n) is 3.31. The van der Waals surface area contributed by atoms with Crippen molar-refractivity contribution in [3.63, 3.8) is 0 Å². The second-order valence-corrected chi connectivity index (χ2v) is 3.31. The summed E-state index contributed by atoms with van der Waals surface area (Å²) >= 11 is 0. The number of hydrogen-bond donors (Lipinski definition) is 1. The molecule has 0 bridgehead atoms. The van der Waals surface area contributed by atoms with Crippen molar-refractivity contribution in [2.75, 3.05) is 26.8 Å². The summed E-state index contributed by atoms with van der Waals surface area (Å²) < 4.78 is 5.15. The maximum absolute atomic E-state index is 5.15. The average Bonchev–Trinajstić information content (AvgIpc) is 2.41. The normalized spacial score (nSPS) is 36.3. The summed E-state index contributed by atoms with van der Waals surface area (Å²) in [5.74, 6) is 0.927. The van der Waals surface area contributed by atoms with E-state index >= 15 is 0 Å². The quantitative estimate of drug-likeness (QED) is 0.574. The molecule has 2 heteroatoms. The van der Waals surface area contributed by atoms with E-state index in [-0.39, 0.29) is 0 Å². The fraction of sp³-hybridized carbons (Fsp3) is 1.00. The minimum absolute atomic E-state index is 0.656. The molecule has 1 saturated carbocycles. The zero-order valence-electron chi connectivity index (χ0n) is 5.81. The largest absolute Gasteiger partial charge is 0.380 e. The van der Waals surface area contributed by atoms with Crippen LogP contribution in [0.3, 0.4) is 0 Å². The molecule has 0 aromatic rings.